The van der Waals surface area contributed by atoms with Gasteiger partial charge in [0, 0.05) is 139 Å². The highest BCUT2D eigenvalue weighted by atomic mass is 16.5. The Balaban J connectivity index is 0.750. The van der Waals surface area contributed by atoms with Gasteiger partial charge in [-0.1, -0.05) is 63.0 Å². The van der Waals surface area contributed by atoms with Crippen molar-refractivity contribution in [2.75, 3.05) is 113 Å². The van der Waals surface area contributed by atoms with Gasteiger partial charge in [-0.05, 0) is 102 Å². The Morgan fingerprint density at radius 2 is 1.00 bits per heavy atom. The van der Waals surface area contributed by atoms with Crippen molar-refractivity contribution in [3.63, 3.8) is 0 Å². The lowest BCUT2D eigenvalue weighted by molar-refractivity contribution is 0.0302. The van der Waals surface area contributed by atoms with Crippen LogP contribution < -0.4 is 14.7 Å². The van der Waals surface area contributed by atoms with Crippen LogP contribution in [0.15, 0.2) is 105 Å². The zero-order chi connectivity index (χ0) is 47.4. The molecule has 3 saturated heterocycles. The highest BCUT2D eigenvalue weighted by molar-refractivity contribution is 5.51. The number of aromatic nitrogens is 3. The fraction of sp³-hybridized carbons (Fsp3) is 0.509. The van der Waals surface area contributed by atoms with Gasteiger partial charge in [-0.15, -0.1) is 0 Å². The Labute approximate surface area is 409 Å². The number of rotatable bonds is 22. The Hall–Kier alpha value is -5.51. The molecule has 3 aromatic carbocycles. The molecule has 0 amide bonds. The number of piperazine rings is 3. The van der Waals surface area contributed by atoms with Gasteiger partial charge in [0.1, 0.15) is 28.7 Å². The maximum Gasteiger partial charge on any atom is 0.137 e. The van der Waals surface area contributed by atoms with Crippen molar-refractivity contribution < 1.29 is 23.0 Å². The first-order valence-electron chi connectivity index (χ1n) is 25.4. The molecule has 2 atom stereocenters. The Kier molecular flexibility index (Phi) is 16.8. The van der Waals surface area contributed by atoms with E-state index in [1.54, 1.807) is 0 Å². The molecular weight excluding hydrogens is 867 g/mol. The van der Waals surface area contributed by atoms with Crippen LogP contribution in [0.4, 0.5) is 17.1 Å². The second kappa shape index (κ2) is 23.9. The standard InChI is InChI=1S/C55H73N9O5/c1-42-8-15-51(16-9-42)63-30-28-61(23-5-7-47-35-44(3)67-56-47)54(38-63)55-39-64(52-17-10-43(2)11-18-52)31-29-62(55)32-34-66-41-49-37-53(69-58-49)21-14-46-12-19-50(20-13-46)60-26-24-59(25-27-60)22-6-33-65-40-48-36-45(4)68-57-48/h8-13,15-20,35-37,54-55H,5-7,14,21-34,38-41H2,1-4H3. The third-order valence-corrected chi connectivity index (χ3v) is 14.3. The van der Waals surface area contributed by atoms with Crippen molar-refractivity contribution in [1.29, 1.82) is 0 Å². The van der Waals surface area contributed by atoms with Crippen molar-refractivity contribution in [2.24, 2.45) is 0 Å². The van der Waals surface area contributed by atoms with Gasteiger partial charge in [0.25, 0.3) is 0 Å². The van der Waals surface area contributed by atoms with E-state index in [4.69, 9.17) is 23.0 Å². The summed E-state index contributed by atoms with van der Waals surface area (Å²) in [5, 5.41) is 12.7. The zero-order valence-electron chi connectivity index (χ0n) is 41.4. The number of nitrogens with zero attached hydrogens (tertiary/aromatic N) is 9. The van der Waals surface area contributed by atoms with Crippen molar-refractivity contribution >= 4 is 17.1 Å². The summed E-state index contributed by atoms with van der Waals surface area (Å²) >= 11 is 0. The van der Waals surface area contributed by atoms with Crippen LogP contribution in [0.1, 0.15) is 63.9 Å². The van der Waals surface area contributed by atoms with Gasteiger partial charge < -0.3 is 37.7 Å². The number of hydrogen-bond acceptors (Lipinski definition) is 14. The molecule has 3 aliphatic heterocycles. The first kappa shape index (κ1) is 48.5. The number of anilines is 3. The van der Waals surface area contributed by atoms with E-state index in [0.717, 1.165) is 158 Å². The van der Waals surface area contributed by atoms with Crippen molar-refractivity contribution in [1.82, 2.24) is 30.2 Å². The Morgan fingerprint density at radius 3 is 1.61 bits per heavy atom. The molecule has 6 aromatic rings. The second-order valence-corrected chi connectivity index (χ2v) is 19.5. The SMILES string of the molecule is Cc1ccc(N2CCN(CCCc3cc(C)on3)C(C3CN(c4ccc(C)cc4)CCN3CCOCc3cc(CCc4ccc(N5CCN(CCCOCc6cc(C)on6)CC5)cc4)on3)C2)cc1. The van der Waals surface area contributed by atoms with Gasteiger partial charge in [-0.2, -0.15) is 0 Å². The van der Waals surface area contributed by atoms with Crippen LogP contribution in [0.5, 0.6) is 0 Å². The molecule has 14 nitrogen and oxygen atoms in total. The molecule has 0 radical (unpaired) electrons. The van der Waals surface area contributed by atoms with Crippen LogP contribution >= 0.6 is 0 Å². The van der Waals surface area contributed by atoms with Gasteiger partial charge in [0.2, 0.25) is 0 Å². The van der Waals surface area contributed by atoms with E-state index in [-0.39, 0.29) is 0 Å². The molecule has 0 saturated carbocycles. The molecule has 9 rings (SSSR count). The fourth-order valence-corrected chi connectivity index (χ4v) is 10.3. The molecule has 69 heavy (non-hydrogen) atoms. The highest BCUT2D eigenvalue weighted by Crippen LogP contribution is 2.28. The normalized spacial score (nSPS) is 18.7. The minimum atomic E-state index is 0.312. The molecular formula is C55H73N9O5. The largest absolute Gasteiger partial charge is 0.375 e. The summed E-state index contributed by atoms with van der Waals surface area (Å²) in [4.78, 5) is 15.7. The van der Waals surface area contributed by atoms with Crippen LogP contribution in [0.3, 0.4) is 0 Å². The summed E-state index contributed by atoms with van der Waals surface area (Å²) < 4.78 is 28.5. The maximum atomic E-state index is 6.39. The quantitative estimate of drug-likeness (QED) is 0.0614. The van der Waals surface area contributed by atoms with E-state index in [1.807, 2.05) is 19.9 Å². The molecule has 0 spiro atoms. The average Bonchev–Trinajstić information content (AvgIpc) is 4.14. The lowest BCUT2D eigenvalue weighted by Gasteiger charge is -2.52. The first-order valence-corrected chi connectivity index (χ1v) is 25.4. The molecule has 0 bridgehead atoms. The molecule has 6 heterocycles. The van der Waals surface area contributed by atoms with Crippen LogP contribution in [0.2, 0.25) is 0 Å². The number of ether oxygens (including phenoxy) is 2. The van der Waals surface area contributed by atoms with Crippen LogP contribution in [-0.2, 0) is 41.9 Å². The third kappa shape index (κ3) is 13.6. The van der Waals surface area contributed by atoms with E-state index >= 15 is 0 Å². The Morgan fingerprint density at radius 1 is 0.478 bits per heavy atom. The highest BCUT2D eigenvalue weighted by Gasteiger charge is 2.39. The van der Waals surface area contributed by atoms with Crippen molar-refractivity contribution in [3.8, 4) is 0 Å². The van der Waals surface area contributed by atoms with Gasteiger partial charge >= 0.3 is 0 Å². The Bertz CT molecular complexity index is 2440. The van der Waals surface area contributed by atoms with Gasteiger partial charge in [0.15, 0.2) is 0 Å². The van der Waals surface area contributed by atoms with E-state index in [2.05, 4.69) is 144 Å². The molecule has 0 aliphatic carbocycles. The topological polar surface area (TPSA) is 116 Å². The molecule has 3 fully saturated rings. The smallest absolute Gasteiger partial charge is 0.137 e. The first-order chi connectivity index (χ1) is 33.8. The van der Waals surface area contributed by atoms with Crippen LogP contribution in [0.25, 0.3) is 0 Å². The number of benzene rings is 3. The van der Waals surface area contributed by atoms with Crippen molar-refractivity contribution in [2.45, 2.75) is 85.1 Å². The fourth-order valence-electron chi connectivity index (χ4n) is 10.3. The average molecular weight is 940 g/mol. The van der Waals surface area contributed by atoms with Gasteiger partial charge in [-0.25, -0.2) is 0 Å². The second-order valence-electron chi connectivity index (χ2n) is 19.5. The lowest BCUT2D eigenvalue weighted by Crippen LogP contribution is -2.67. The predicted molar refractivity (Wildman–Crippen MR) is 271 cm³/mol. The van der Waals surface area contributed by atoms with E-state index < -0.39 is 0 Å². The molecule has 14 heteroatoms. The van der Waals surface area contributed by atoms with Crippen LogP contribution in [0, 0.1) is 27.7 Å². The summed E-state index contributed by atoms with van der Waals surface area (Å²) in [7, 11) is 0. The number of hydrogen-bond donors (Lipinski definition) is 0. The summed E-state index contributed by atoms with van der Waals surface area (Å²) in [6.45, 7) is 23.6. The summed E-state index contributed by atoms with van der Waals surface area (Å²) in [5.74, 6) is 2.59. The molecule has 368 valence electrons. The maximum absolute atomic E-state index is 6.39. The van der Waals surface area contributed by atoms with E-state index in [9.17, 15) is 0 Å². The van der Waals surface area contributed by atoms with Gasteiger partial charge in [-0.3, -0.25) is 14.7 Å². The molecule has 3 aromatic heterocycles. The predicted octanol–water partition coefficient (Wildman–Crippen LogP) is 7.93. The number of aryl methyl sites for hydroxylation is 7. The minimum Gasteiger partial charge on any atom is -0.375 e. The molecule has 3 aliphatic rings. The van der Waals surface area contributed by atoms with Crippen LogP contribution in [-0.4, -0.2) is 141 Å². The zero-order valence-corrected chi connectivity index (χ0v) is 41.4. The lowest BCUT2D eigenvalue weighted by atomic mass is 9.97. The monoisotopic (exact) mass is 940 g/mol. The molecule has 2 unspecified atom stereocenters. The minimum absolute atomic E-state index is 0.312. The third-order valence-electron chi connectivity index (χ3n) is 14.3. The van der Waals surface area contributed by atoms with E-state index in [1.165, 1.54) is 33.8 Å². The molecule has 0 N–H and O–H groups in total. The van der Waals surface area contributed by atoms with E-state index in [0.29, 0.717) is 31.9 Å². The van der Waals surface area contributed by atoms with Gasteiger partial charge in [0.05, 0.1) is 25.5 Å². The summed E-state index contributed by atoms with van der Waals surface area (Å²) in [5.41, 5.74) is 10.5. The van der Waals surface area contributed by atoms with Crippen molar-refractivity contribution in [3.05, 3.63) is 142 Å². The summed E-state index contributed by atoms with van der Waals surface area (Å²) in [6, 6.07) is 33.9. The summed E-state index contributed by atoms with van der Waals surface area (Å²) in [6.07, 6.45) is 4.68.